The van der Waals surface area contributed by atoms with Gasteiger partial charge in [0.25, 0.3) is 5.91 Å². The van der Waals surface area contributed by atoms with Gasteiger partial charge in [0.15, 0.2) is 6.61 Å². The summed E-state index contributed by atoms with van der Waals surface area (Å²) >= 11 is 0. The molecule has 2 aromatic carbocycles. The van der Waals surface area contributed by atoms with Crippen molar-refractivity contribution in [2.24, 2.45) is 0 Å². The highest BCUT2D eigenvalue weighted by atomic mass is 16.5. The fourth-order valence-electron chi connectivity index (χ4n) is 2.92. The van der Waals surface area contributed by atoms with Crippen LogP contribution in [0.3, 0.4) is 0 Å². The molecule has 0 unspecified atom stereocenters. The summed E-state index contributed by atoms with van der Waals surface area (Å²) in [5.41, 5.74) is 1.31. The van der Waals surface area contributed by atoms with Crippen molar-refractivity contribution >= 4 is 5.91 Å². The third kappa shape index (κ3) is 4.97. The Hall–Kier alpha value is -2.53. The number of methoxy groups -OCH3 is 1. The van der Waals surface area contributed by atoms with Gasteiger partial charge in [-0.25, -0.2) is 0 Å². The van der Waals surface area contributed by atoms with Crippen LogP contribution < -0.4 is 9.47 Å². The van der Waals surface area contributed by atoms with E-state index in [9.17, 15) is 4.79 Å². The summed E-state index contributed by atoms with van der Waals surface area (Å²) < 4.78 is 10.8. The number of benzene rings is 2. The second-order valence-corrected chi connectivity index (χ2v) is 6.11. The van der Waals surface area contributed by atoms with Crippen LogP contribution in [0.1, 0.15) is 5.56 Å². The molecule has 0 spiro atoms. The van der Waals surface area contributed by atoms with Crippen LogP contribution in [-0.2, 0) is 11.3 Å². The van der Waals surface area contributed by atoms with Gasteiger partial charge in [-0.2, -0.15) is 0 Å². The first-order valence-corrected chi connectivity index (χ1v) is 8.55. The summed E-state index contributed by atoms with van der Waals surface area (Å²) in [4.78, 5) is 16.6. The molecule has 0 N–H and O–H groups in total. The van der Waals surface area contributed by atoms with Gasteiger partial charge in [0.1, 0.15) is 11.5 Å². The molecule has 1 amide bonds. The molecule has 1 aliphatic rings. The van der Waals surface area contributed by atoms with Crippen LogP contribution in [0.2, 0.25) is 0 Å². The quantitative estimate of drug-likeness (QED) is 0.810. The molecule has 0 atom stereocenters. The van der Waals surface area contributed by atoms with Crippen LogP contribution in [0.4, 0.5) is 0 Å². The number of nitrogens with zero attached hydrogens (tertiary/aromatic N) is 2. The van der Waals surface area contributed by atoms with E-state index in [4.69, 9.17) is 9.47 Å². The lowest BCUT2D eigenvalue weighted by Gasteiger charge is -2.34. The number of hydrogen-bond acceptors (Lipinski definition) is 4. The Morgan fingerprint density at radius 2 is 1.68 bits per heavy atom. The smallest absolute Gasteiger partial charge is 0.260 e. The van der Waals surface area contributed by atoms with E-state index in [2.05, 4.69) is 29.2 Å². The van der Waals surface area contributed by atoms with Crippen LogP contribution in [0.15, 0.2) is 54.6 Å². The van der Waals surface area contributed by atoms with Gasteiger partial charge in [0, 0.05) is 38.8 Å². The molecule has 0 aromatic heterocycles. The Bertz CT molecular complexity index is 682. The molecule has 5 nitrogen and oxygen atoms in total. The molecule has 0 aliphatic carbocycles. The third-order valence-electron chi connectivity index (χ3n) is 4.38. The molecule has 0 radical (unpaired) electrons. The minimum absolute atomic E-state index is 0.0298. The maximum Gasteiger partial charge on any atom is 0.260 e. The third-order valence-corrected chi connectivity index (χ3v) is 4.38. The van der Waals surface area contributed by atoms with Crippen LogP contribution in [0.5, 0.6) is 11.5 Å². The van der Waals surface area contributed by atoms with E-state index in [1.165, 1.54) is 5.56 Å². The lowest BCUT2D eigenvalue weighted by atomic mass is 10.2. The highest BCUT2D eigenvalue weighted by Gasteiger charge is 2.21. The van der Waals surface area contributed by atoms with Gasteiger partial charge in [0.2, 0.25) is 0 Å². The minimum Gasteiger partial charge on any atom is -0.497 e. The molecule has 1 saturated heterocycles. The second-order valence-electron chi connectivity index (χ2n) is 6.11. The Balaban J connectivity index is 1.43. The van der Waals surface area contributed by atoms with Gasteiger partial charge < -0.3 is 14.4 Å². The Labute approximate surface area is 148 Å². The van der Waals surface area contributed by atoms with Crippen LogP contribution >= 0.6 is 0 Å². The summed E-state index contributed by atoms with van der Waals surface area (Å²) in [5, 5.41) is 0. The fourth-order valence-corrected chi connectivity index (χ4v) is 2.92. The summed E-state index contributed by atoms with van der Waals surface area (Å²) in [5.74, 6) is 1.40. The molecule has 132 valence electrons. The fraction of sp³-hybridized carbons (Fsp3) is 0.350. The summed E-state index contributed by atoms with van der Waals surface area (Å²) in [6.07, 6.45) is 0. The monoisotopic (exact) mass is 340 g/mol. The molecule has 1 heterocycles. The van der Waals surface area contributed by atoms with Crippen molar-refractivity contribution in [3.8, 4) is 11.5 Å². The average molecular weight is 340 g/mol. The Morgan fingerprint density at radius 1 is 0.960 bits per heavy atom. The molecule has 0 saturated carbocycles. The van der Waals surface area contributed by atoms with E-state index < -0.39 is 0 Å². The highest BCUT2D eigenvalue weighted by Crippen LogP contribution is 2.19. The van der Waals surface area contributed by atoms with Crippen molar-refractivity contribution in [1.82, 2.24) is 9.80 Å². The van der Waals surface area contributed by atoms with Crippen LogP contribution in [0, 0.1) is 0 Å². The van der Waals surface area contributed by atoms with Gasteiger partial charge in [0.05, 0.1) is 7.11 Å². The van der Waals surface area contributed by atoms with Crippen molar-refractivity contribution in [3.05, 3.63) is 60.2 Å². The van der Waals surface area contributed by atoms with E-state index in [0.717, 1.165) is 38.5 Å². The number of carbonyl (C=O) groups excluding carboxylic acids is 1. The summed E-state index contributed by atoms with van der Waals surface area (Å²) in [7, 11) is 1.61. The lowest BCUT2D eigenvalue weighted by Crippen LogP contribution is -2.49. The van der Waals surface area contributed by atoms with Crippen molar-refractivity contribution < 1.29 is 14.3 Å². The zero-order chi connectivity index (χ0) is 17.5. The molecule has 2 aromatic rings. The first kappa shape index (κ1) is 17.3. The molecule has 25 heavy (non-hydrogen) atoms. The second kappa shape index (κ2) is 8.53. The standard InChI is InChI=1S/C20H24N2O3/c1-24-18-8-5-9-19(14-18)25-16-20(23)22-12-10-21(11-13-22)15-17-6-3-2-4-7-17/h2-9,14H,10-13,15-16H2,1H3. The van der Waals surface area contributed by atoms with Gasteiger partial charge in [-0.1, -0.05) is 36.4 Å². The molecular formula is C20H24N2O3. The van der Waals surface area contributed by atoms with Crippen LogP contribution in [-0.4, -0.2) is 55.6 Å². The molecule has 0 bridgehead atoms. The number of rotatable bonds is 6. The zero-order valence-corrected chi connectivity index (χ0v) is 14.6. The highest BCUT2D eigenvalue weighted by molar-refractivity contribution is 5.77. The van der Waals surface area contributed by atoms with E-state index in [1.807, 2.05) is 29.2 Å². The van der Waals surface area contributed by atoms with Gasteiger partial charge in [-0.15, -0.1) is 0 Å². The number of ether oxygens (including phenoxy) is 2. The number of piperazine rings is 1. The molecule has 1 aliphatic heterocycles. The van der Waals surface area contributed by atoms with Crippen molar-refractivity contribution in [3.63, 3.8) is 0 Å². The predicted octanol–water partition coefficient (Wildman–Crippen LogP) is 2.42. The van der Waals surface area contributed by atoms with E-state index in [-0.39, 0.29) is 12.5 Å². The van der Waals surface area contributed by atoms with E-state index >= 15 is 0 Å². The van der Waals surface area contributed by atoms with Crippen molar-refractivity contribution in [2.75, 3.05) is 39.9 Å². The summed E-state index contributed by atoms with van der Waals surface area (Å²) in [6.45, 7) is 4.26. The van der Waals surface area contributed by atoms with Gasteiger partial charge in [-0.3, -0.25) is 9.69 Å². The minimum atomic E-state index is 0.0298. The average Bonchev–Trinajstić information content (AvgIpc) is 2.67. The zero-order valence-electron chi connectivity index (χ0n) is 14.6. The van der Waals surface area contributed by atoms with Crippen molar-refractivity contribution in [1.29, 1.82) is 0 Å². The van der Waals surface area contributed by atoms with Gasteiger partial charge in [-0.05, 0) is 17.7 Å². The largest absolute Gasteiger partial charge is 0.497 e. The predicted molar refractivity (Wildman–Crippen MR) is 96.8 cm³/mol. The first-order chi connectivity index (χ1) is 12.2. The number of hydrogen-bond donors (Lipinski definition) is 0. The maximum atomic E-state index is 12.3. The van der Waals surface area contributed by atoms with Crippen LogP contribution in [0.25, 0.3) is 0 Å². The Morgan fingerprint density at radius 3 is 2.40 bits per heavy atom. The molecule has 5 heteroatoms. The van der Waals surface area contributed by atoms with E-state index in [0.29, 0.717) is 5.75 Å². The summed E-state index contributed by atoms with van der Waals surface area (Å²) in [6, 6.07) is 17.7. The first-order valence-electron chi connectivity index (χ1n) is 8.55. The molecule has 3 rings (SSSR count). The van der Waals surface area contributed by atoms with Gasteiger partial charge >= 0.3 is 0 Å². The number of carbonyl (C=O) groups is 1. The van der Waals surface area contributed by atoms with Crippen molar-refractivity contribution in [2.45, 2.75) is 6.54 Å². The topological polar surface area (TPSA) is 42.0 Å². The number of amides is 1. The SMILES string of the molecule is COc1cccc(OCC(=O)N2CCN(Cc3ccccc3)CC2)c1. The molecular weight excluding hydrogens is 316 g/mol. The van der Waals surface area contributed by atoms with E-state index in [1.54, 1.807) is 13.2 Å². The maximum absolute atomic E-state index is 12.3. The molecule has 1 fully saturated rings. The lowest BCUT2D eigenvalue weighted by molar-refractivity contribution is -0.135. The normalized spacial score (nSPS) is 15.0. The Kier molecular flexibility index (Phi) is 5.90.